The van der Waals surface area contributed by atoms with Crippen molar-refractivity contribution in [2.75, 3.05) is 42.7 Å². The van der Waals surface area contributed by atoms with E-state index in [1.165, 1.54) is 35.2 Å². The first-order chi connectivity index (χ1) is 13.0. The highest BCUT2D eigenvalue weighted by Crippen LogP contribution is 2.23. The van der Waals surface area contributed by atoms with Crippen LogP contribution in [0.1, 0.15) is 12.8 Å². The van der Waals surface area contributed by atoms with Crippen LogP contribution < -0.4 is 10.2 Å². The molecule has 0 spiro atoms. The zero-order valence-electron chi connectivity index (χ0n) is 14.9. The molecular formula is C17H20FN5O2S2. The number of nitrogens with one attached hydrogen (secondary N) is 1. The van der Waals surface area contributed by atoms with Gasteiger partial charge in [0.25, 0.3) is 0 Å². The maximum Gasteiger partial charge on any atom is 0.226 e. The van der Waals surface area contributed by atoms with Gasteiger partial charge < -0.3 is 15.1 Å². The highest BCUT2D eigenvalue weighted by molar-refractivity contribution is 8.00. The number of carbonyl (C=O) groups is 2. The summed E-state index contributed by atoms with van der Waals surface area (Å²) in [6, 6.07) is 6.36. The van der Waals surface area contributed by atoms with Crippen LogP contribution in [0.25, 0.3) is 0 Å². The van der Waals surface area contributed by atoms with Gasteiger partial charge in [0.2, 0.25) is 16.9 Å². The molecule has 1 saturated heterocycles. The zero-order chi connectivity index (χ0) is 19.2. The van der Waals surface area contributed by atoms with Crippen molar-refractivity contribution in [2.45, 2.75) is 17.2 Å². The third-order valence-corrected chi connectivity index (χ3v) is 6.03. The fourth-order valence-electron chi connectivity index (χ4n) is 2.77. The number of piperazine rings is 1. The van der Waals surface area contributed by atoms with Gasteiger partial charge in [-0.15, -0.1) is 10.2 Å². The van der Waals surface area contributed by atoms with Crippen molar-refractivity contribution < 1.29 is 14.0 Å². The first kappa shape index (κ1) is 19.6. The highest BCUT2D eigenvalue weighted by Gasteiger charge is 2.22. The van der Waals surface area contributed by atoms with E-state index < -0.39 is 0 Å². The van der Waals surface area contributed by atoms with Crippen LogP contribution in [0.15, 0.2) is 28.6 Å². The van der Waals surface area contributed by atoms with Gasteiger partial charge in [0.15, 0.2) is 4.34 Å². The molecule has 0 radical (unpaired) electrons. The van der Waals surface area contributed by atoms with E-state index in [1.54, 1.807) is 17.0 Å². The van der Waals surface area contributed by atoms with Crippen LogP contribution in [0.2, 0.25) is 0 Å². The van der Waals surface area contributed by atoms with Crippen LogP contribution in [-0.2, 0) is 9.59 Å². The summed E-state index contributed by atoms with van der Waals surface area (Å²) in [4.78, 5) is 28.2. The van der Waals surface area contributed by atoms with Crippen LogP contribution >= 0.6 is 23.1 Å². The summed E-state index contributed by atoms with van der Waals surface area (Å²) in [6.45, 7) is 2.55. The molecule has 7 nitrogen and oxygen atoms in total. The third-order valence-electron chi connectivity index (χ3n) is 4.22. The molecule has 27 heavy (non-hydrogen) atoms. The lowest BCUT2D eigenvalue weighted by molar-refractivity contribution is -0.133. The summed E-state index contributed by atoms with van der Waals surface area (Å²) in [5.41, 5.74) is 0.949. The standard InChI is InChI=1S/C17H20FN5O2S2/c1-26-17-21-20-16(27-17)19-14(24)6-7-15(25)23-10-8-22(9-11-23)13-4-2-12(18)3-5-13/h2-5H,6-11H2,1H3,(H,19,20,24). The molecule has 1 fully saturated rings. The second-order valence-electron chi connectivity index (χ2n) is 5.97. The molecule has 3 rings (SSSR count). The highest BCUT2D eigenvalue weighted by atomic mass is 32.2. The Morgan fingerprint density at radius 3 is 2.48 bits per heavy atom. The summed E-state index contributed by atoms with van der Waals surface area (Å²) in [5.74, 6) is -0.535. The molecule has 0 unspecified atom stereocenters. The molecule has 10 heteroatoms. The van der Waals surface area contributed by atoms with Gasteiger partial charge in [-0.3, -0.25) is 9.59 Å². The number of aromatic nitrogens is 2. The number of nitrogens with zero attached hydrogens (tertiary/aromatic N) is 4. The number of rotatable bonds is 6. The van der Waals surface area contributed by atoms with Crippen molar-refractivity contribution in [3.05, 3.63) is 30.1 Å². The van der Waals surface area contributed by atoms with E-state index in [-0.39, 0.29) is 30.5 Å². The number of hydrogen-bond acceptors (Lipinski definition) is 7. The smallest absolute Gasteiger partial charge is 0.226 e. The van der Waals surface area contributed by atoms with E-state index >= 15 is 0 Å². The van der Waals surface area contributed by atoms with Crippen molar-refractivity contribution in [3.63, 3.8) is 0 Å². The number of halogens is 1. The molecule has 0 aliphatic carbocycles. The van der Waals surface area contributed by atoms with E-state index in [2.05, 4.69) is 20.4 Å². The van der Waals surface area contributed by atoms with Crippen LogP contribution in [0.4, 0.5) is 15.2 Å². The third kappa shape index (κ3) is 5.39. The Morgan fingerprint density at radius 1 is 1.15 bits per heavy atom. The van der Waals surface area contributed by atoms with Crippen LogP contribution in [0, 0.1) is 5.82 Å². The largest absolute Gasteiger partial charge is 0.368 e. The molecule has 0 bridgehead atoms. The van der Waals surface area contributed by atoms with Gasteiger partial charge in [0.05, 0.1) is 0 Å². The minimum absolute atomic E-state index is 0.0361. The van der Waals surface area contributed by atoms with Crippen molar-refractivity contribution in [1.82, 2.24) is 15.1 Å². The molecular weight excluding hydrogens is 389 g/mol. The monoisotopic (exact) mass is 409 g/mol. The Kier molecular flexibility index (Phi) is 6.62. The molecule has 0 saturated carbocycles. The summed E-state index contributed by atoms with van der Waals surface area (Å²) in [5, 5.41) is 10.9. The van der Waals surface area contributed by atoms with Gasteiger partial charge in [-0.1, -0.05) is 23.1 Å². The average Bonchev–Trinajstić information content (AvgIpc) is 3.14. The predicted octanol–water partition coefficient (Wildman–Crippen LogP) is 2.47. The molecule has 2 heterocycles. The Morgan fingerprint density at radius 2 is 1.85 bits per heavy atom. The summed E-state index contributed by atoms with van der Waals surface area (Å²) < 4.78 is 13.8. The molecule has 0 atom stereocenters. The van der Waals surface area contributed by atoms with Crippen molar-refractivity contribution >= 4 is 45.7 Å². The number of anilines is 2. The van der Waals surface area contributed by atoms with Crippen molar-refractivity contribution in [2.24, 2.45) is 0 Å². The fourth-order valence-corrected chi connectivity index (χ4v) is 3.96. The first-order valence-corrected chi connectivity index (χ1v) is 10.5. The first-order valence-electron chi connectivity index (χ1n) is 8.51. The average molecular weight is 410 g/mol. The number of hydrogen-bond donors (Lipinski definition) is 1. The Labute approximate surface area is 164 Å². The maximum atomic E-state index is 13.0. The molecule has 1 aliphatic rings. The van der Waals surface area contributed by atoms with Gasteiger partial charge in [-0.25, -0.2) is 4.39 Å². The molecule has 1 aromatic carbocycles. The molecule has 144 valence electrons. The SMILES string of the molecule is CSc1nnc(NC(=O)CCC(=O)N2CCN(c3ccc(F)cc3)CC2)s1. The minimum atomic E-state index is -0.260. The van der Waals surface area contributed by atoms with Crippen molar-refractivity contribution in [3.8, 4) is 0 Å². The van der Waals surface area contributed by atoms with Gasteiger partial charge in [0, 0.05) is 44.7 Å². The minimum Gasteiger partial charge on any atom is -0.368 e. The van der Waals surface area contributed by atoms with Crippen LogP contribution in [-0.4, -0.2) is 59.3 Å². The number of thioether (sulfide) groups is 1. The maximum absolute atomic E-state index is 13.0. The van der Waals surface area contributed by atoms with Gasteiger partial charge in [-0.05, 0) is 30.5 Å². The number of carbonyl (C=O) groups excluding carboxylic acids is 2. The normalized spacial score (nSPS) is 14.3. The number of amides is 2. The summed E-state index contributed by atoms with van der Waals surface area (Å²) >= 11 is 2.77. The Balaban J connectivity index is 1.41. The van der Waals surface area contributed by atoms with E-state index in [9.17, 15) is 14.0 Å². The predicted molar refractivity (Wildman–Crippen MR) is 105 cm³/mol. The van der Waals surface area contributed by atoms with Gasteiger partial charge >= 0.3 is 0 Å². The van der Waals surface area contributed by atoms with Gasteiger partial charge in [-0.2, -0.15) is 0 Å². The van der Waals surface area contributed by atoms with E-state index in [0.717, 1.165) is 10.0 Å². The summed E-state index contributed by atoms with van der Waals surface area (Å²) in [6.07, 6.45) is 2.17. The lowest BCUT2D eigenvalue weighted by Gasteiger charge is -2.36. The molecule has 2 amide bonds. The molecule has 1 aliphatic heterocycles. The molecule has 2 aromatic rings. The lowest BCUT2D eigenvalue weighted by Crippen LogP contribution is -2.48. The lowest BCUT2D eigenvalue weighted by atomic mass is 10.2. The second-order valence-corrected chi connectivity index (χ2v) is 8.00. The topological polar surface area (TPSA) is 78.4 Å². The number of benzene rings is 1. The quantitative estimate of drug-likeness (QED) is 0.583. The molecule has 1 N–H and O–H groups in total. The van der Waals surface area contributed by atoms with Gasteiger partial charge in [0.1, 0.15) is 5.82 Å². The van der Waals surface area contributed by atoms with Crippen LogP contribution in [0.3, 0.4) is 0 Å². The van der Waals surface area contributed by atoms with E-state index in [4.69, 9.17) is 0 Å². The van der Waals surface area contributed by atoms with Crippen LogP contribution in [0.5, 0.6) is 0 Å². The summed E-state index contributed by atoms with van der Waals surface area (Å²) in [7, 11) is 0. The second kappa shape index (κ2) is 9.14. The molecule has 1 aromatic heterocycles. The zero-order valence-corrected chi connectivity index (χ0v) is 16.5. The van der Waals surface area contributed by atoms with Crippen molar-refractivity contribution in [1.29, 1.82) is 0 Å². The Hall–Kier alpha value is -2.20. The van der Waals surface area contributed by atoms with E-state index in [1.807, 2.05) is 6.26 Å². The van der Waals surface area contributed by atoms with E-state index in [0.29, 0.717) is 31.3 Å². The Bertz CT molecular complexity index is 791. The fraction of sp³-hybridized carbons (Fsp3) is 0.412.